The van der Waals surface area contributed by atoms with Crippen LogP contribution in [0.1, 0.15) is 13.3 Å². The summed E-state index contributed by atoms with van der Waals surface area (Å²) in [5.74, 6) is -2.02. The van der Waals surface area contributed by atoms with Gasteiger partial charge in [-0.25, -0.2) is 0 Å². The molecule has 1 aliphatic rings. The van der Waals surface area contributed by atoms with Gasteiger partial charge in [0, 0.05) is 0 Å². The molecule has 1 heterocycles. The summed E-state index contributed by atoms with van der Waals surface area (Å²) in [5, 5.41) is 8.47. The number of hydrogen-bond acceptors (Lipinski definition) is 3. The monoisotopic (exact) mass is 144 g/mol. The molecule has 1 N–H and O–H groups in total. The van der Waals surface area contributed by atoms with E-state index in [1.54, 1.807) is 6.92 Å². The molecule has 0 aliphatic carbocycles. The Balaban J connectivity index is 2.63. The highest BCUT2D eigenvalue weighted by Crippen LogP contribution is 2.21. The number of aliphatic carboxylic acids is 1. The normalized spacial score (nSPS) is 31.9. The van der Waals surface area contributed by atoms with E-state index >= 15 is 0 Å². The number of carbonyl (C=O) groups is 2. The van der Waals surface area contributed by atoms with Crippen molar-refractivity contribution in [3.8, 4) is 0 Å². The van der Waals surface area contributed by atoms with Crippen LogP contribution in [0.2, 0.25) is 0 Å². The SMILES string of the molecule is C[C@@H]1OC(=O)C[C@H]1C(=O)O. The summed E-state index contributed by atoms with van der Waals surface area (Å²) in [4.78, 5) is 20.8. The molecule has 0 spiro atoms. The van der Waals surface area contributed by atoms with Crippen LogP contribution in [0.25, 0.3) is 0 Å². The van der Waals surface area contributed by atoms with E-state index < -0.39 is 24.0 Å². The fourth-order valence-corrected chi connectivity index (χ4v) is 0.971. The minimum atomic E-state index is -0.960. The molecule has 1 fully saturated rings. The Labute approximate surface area is 57.8 Å². The smallest absolute Gasteiger partial charge is 0.310 e. The molecule has 4 heteroatoms. The Kier molecular flexibility index (Phi) is 1.61. The van der Waals surface area contributed by atoms with Crippen molar-refractivity contribution in [2.24, 2.45) is 5.92 Å². The molecule has 0 radical (unpaired) electrons. The lowest BCUT2D eigenvalue weighted by molar-refractivity contribution is -0.143. The van der Waals surface area contributed by atoms with Gasteiger partial charge in [-0.3, -0.25) is 9.59 Å². The zero-order chi connectivity index (χ0) is 7.72. The molecular formula is C6H8O4. The molecule has 0 aromatic rings. The third-order valence-electron chi connectivity index (χ3n) is 1.59. The lowest BCUT2D eigenvalue weighted by Gasteiger charge is -2.05. The zero-order valence-corrected chi connectivity index (χ0v) is 5.53. The minimum Gasteiger partial charge on any atom is -0.481 e. The highest BCUT2D eigenvalue weighted by atomic mass is 16.6. The van der Waals surface area contributed by atoms with E-state index in [1.807, 2.05) is 0 Å². The largest absolute Gasteiger partial charge is 0.481 e. The first-order valence-corrected chi connectivity index (χ1v) is 3.03. The summed E-state index contributed by atoms with van der Waals surface area (Å²) in [6.07, 6.45) is -0.457. The Bertz CT molecular complexity index is 175. The second kappa shape index (κ2) is 2.28. The van der Waals surface area contributed by atoms with Gasteiger partial charge < -0.3 is 9.84 Å². The van der Waals surface area contributed by atoms with Crippen molar-refractivity contribution in [3.05, 3.63) is 0 Å². The topological polar surface area (TPSA) is 63.6 Å². The molecule has 0 aromatic heterocycles. The summed E-state index contributed by atoms with van der Waals surface area (Å²) in [7, 11) is 0. The first-order valence-electron chi connectivity index (χ1n) is 3.03. The number of carboxylic acid groups (broad SMARTS) is 1. The van der Waals surface area contributed by atoms with E-state index in [2.05, 4.69) is 4.74 Å². The predicted molar refractivity (Wildman–Crippen MR) is 31.3 cm³/mol. The third-order valence-corrected chi connectivity index (χ3v) is 1.59. The fourth-order valence-electron chi connectivity index (χ4n) is 0.971. The molecule has 0 aromatic carbocycles. The molecule has 1 rings (SSSR count). The minimum absolute atomic E-state index is 0.0104. The van der Waals surface area contributed by atoms with Crippen molar-refractivity contribution in [3.63, 3.8) is 0 Å². The van der Waals surface area contributed by atoms with Crippen molar-refractivity contribution in [1.82, 2.24) is 0 Å². The Morgan fingerprint density at radius 3 is 2.60 bits per heavy atom. The molecule has 1 saturated heterocycles. The van der Waals surface area contributed by atoms with E-state index in [9.17, 15) is 9.59 Å². The van der Waals surface area contributed by atoms with Crippen LogP contribution in [0.15, 0.2) is 0 Å². The quantitative estimate of drug-likeness (QED) is 0.527. The molecule has 1 aliphatic heterocycles. The van der Waals surface area contributed by atoms with Gasteiger partial charge in [0.25, 0.3) is 0 Å². The third kappa shape index (κ3) is 1.10. The first-order chi connectivity index (χ1) is 4.61. The van der Waals surface area contributed by atoms with Gasteiger partial charge in [0.2, 0.25) is 0 Å². The summed E-state index contributed by atoms with van der Waals surface area (Å²) >= 11 is 0. The average molecular weight is 144 g/mol. The van der Waals surface area contributed by atoms with Gasteiger partial charge in [-0.15, -0.1) is 0 Å². The molecule has 2 atom stereocenters. The van der Waals surface area contributed by atoms with Crippen LogP contribution < -0.4 is 0 Å². The van der Waals surface area contributed by atoms with Crippen LogP contribution in [0, 0.1) is 5.92 Å². The van der Waals surface area contributed by atoms with Gasteiger partial charge in [-0.05, 0) is 6.92 Å². The van der Waals surface area contributed by atoms with Crippen LogP contribution in [-0.2, 0) is 14.3 Å². The van der Waals surface area contributed by atoms with Crippen molar-refractivity contribution in [2.75, 3.05) is 0 Å². The number of carboxylic acids is 1. The molecule has 0 amide bonds. The maximum atomic E-state index is 10.5. The van der Waals surface area contributed by atoms with Crippen molar-refractivity contribution in [2.45, 2.75) is 19.4 Å². The first kappa shape index (κ1) is 7.05. The highest BCUT2D eigenvalue weighted by molar-refractivity contribution is 5.82. The average Bonchev–Trinajstić information content (AvgIpc) is 2.10. The summed E-state index contributed by atoms with van der Waals surface area (Å²) in [6.45, 7) is 1.59. The van der Waals surface area contributed by atoms with E-state index in [4.69, 9.17) is 5.11 Å². The molecular weight excluding hydrogens is 136 g/mol. The second-order valence-corrected chi connectivity index (χ2v) is 2.34. The van der Waals surface area contributed by atoms with Crippen LogP contribution in [-0.4, -0.2) is 23.1 Å². The lowest BCUT2D eigenvalue weighted by atomic mass is 10.0. The van der Waals surface area contributed by atoms with Gasteiger partial charge in [-0.2, -0.15) is 0 Å². The highest BCUT2D eigenvalue weighted by Gasteiger charge is 2.36. The number of ether oxygens (including phenoxy) is 1. The molecule has 0 unspecified atom stereocenters. The van der Waals surface area contributed by atoms with E-state index in [1.165, 1.54) is 0 Å². The maximum Gasteiger partial charge on any atom is 0.310 e. The molecule has 56 valence electrons. The van der Waals surface area contributed by atoms with Crippen LogP contribution >= 0.6 is 0 Å². The number of rotatable bonds is 1. The van der Waals surface area contributed by atoms with Gasteiger partial charge in [0.1, 0.15) is 12.0 Å². The van der Waals surface area contributed by atoms with Gasteiger partial charge in [0.05, 0.1) is 6.42 Å². The lowest BCUT2D eigenvalue weighted by Crippen LogP contribution is -2.20. The van der Waals surface area contributed by atoms with Crippen molar-refractivity contribution >= 4 is 11.9 Å². The Hall–Kier alpha value is -1.06. The van der Waals surface area contributed by atoms with E-state index in [0.29, 0.717) is 0 Å². The van der Waals surface area contributed by atoms with Crippen molar-refractivity contribution < 1.29 is 19.4 Å². The maximum absolute atomic E-state index is 10.5. The summed E-state index contributed by atoms with van der Waals surface area (Å²) in [6, 6.07) is 0. The standard InChI is InChI=1S/C6H8O4/c1-3-4(6(8)9)2-5(7)10-3/h3-4H,2H2,1H3,(H,8,9)/t3-,4+/m0/s1. The molecule has 4 nitrogen and oxygen atoms in total. The molecule has 10 heavy (non-hydrogen) atoms. The van der Waals surface area contributed by atoms with E-state index in [-0.39, 0.29) is 6.42 Å². The number of esters is 1. The van der Waals surface area contributed by atoms with Crippen LogP contribution in [0.5, 0.6) is 0 Å². The van der Waals surface area contributed by atoms with Gasteiger partial charge in [0.15, 0.2) is 0 Å². The van der Waals surface area contributed by atoms with Crippen molar-refractivity contribution in [1.29, 1.82) is 0 Å². The second-order valence-electron chi connectivity index (χ2n) is 2.34. The van der Waals surface area contributed by atoms with E-state index in [0.717, 1.165) is 0 Å². The zero-order valence-electron chi connectivity index (χ0n) is 5.53. The molecule has 0 saturated carbocycles. The number of cyclic esters (lactones) is 1. The summed E-state index contributed by atoms with van der Waals surface area (Å²) in [5.41, 5.74) is 0. The van der Waals surface area contributed by atoms with Crippen LogP contribution in [0.3, 0.4) is 0 Å². The Morgan fingerprint density at radius 2 is 2.40 bits per heavy atom. The van der Waals surface area contributed by atoms with Gasteiger partial charge >= 0.3 is 11.9 Å². The number of hydrogen-bond donors (Lipinski definition) is 1. The van der Waals surface area contributed by atoms with Crippen LogP contribution in [0.4, 0.5) is 0 Å². The predicted octanol–water partition coefficient (Wildman–Crippen LogP) is 0.0226. The van der Waals surface area contributed by atoms with Gasteiger partial charge in [-0.1, -0.05) is 0 Å². The molecule has 0 bridgehead atoms. The fraction of sp³-hybridized carbons (Fsp3) is 0.667. The summed E-state index contributed by atoms with van der Waals surface area (Å²) < 4.78 is 4.62. The number of carbonyl (C=O) groups excluding carboxylic acids is 1. The Morgan fingerprint density at radius 1 is 1.80 bits per heavy atom.